The molecule has 2 heterocycles. The van der Waals surface area contributed by atoms with Crippen molar-refractivity contribution in [1.82, 2.24) is 9.55 Å². The van der Waals surface area contributed by atoms with Crippen molar-refractivity contribution in [3.8, 4) is 0 Å². The Morgan fingerprint density at radius 3 is 2.90 bits per heavy atom. The molecule has 1 aromatic carbocycles. The standard InChI is InChI=1S/C14H12N4O2S/c1-18-7-9(3-5-12(18)19)16-13(20)8-2-4-10-11(6-8)21-14(15)17-10/h2-7H,1H3,(H2,15,17)(H,16,20). The summed E-state index contributed by atoms with van der Waals surface area (Å²) in [7, 11) is 1.63. The van der Waals surface area contributed by atoms with E-state index in [9.17, 15) is 9.59 Å². The minimum absolute atomic E-state index is 0.130. The number of fused-ring (bicyclic) bond motifs is 1. The molecule has 0 aliphatic heterocycles. The molecule has 0 saturated heterocycles. The summed E-state index contributed by atoms with van der Waals surface area (Å²) in [6, 6.07) is 8.18. The van der Waals surface area contributed by atoms with Crippen molar-refractivity contribution < 1.29 is 4.79 Å². The molecule has 0 unspecified atom stereocenters. The van der Waals surface area contributed by atoms with Crippen molar-refractivity contribution in [3.05, 3.63) is 52.4 Å². The molecule has 0 bridgehead atoms. The van der Waals surface area contributed by atoms with Crippen LogP contribution in [0, 0.1) is 0 Å². The number of carbonyl (C=O) groups is 1. The monoisotopic (exact) mass is 300 g/mol. The Hall–Kier alpha value is -2.67. The van der Waals surface area contributed by atoms with Crippen LogP contribution < -0.4 is 16.6 Å². The van der Waals surface area contributed by atoms with Gasteiger partial charge < -0.3 is 15.6 Å². The van der Waals surface area contributed by atoms with Gasteiger partial charge in [-0.25, -0.2) is 4.98 Å². The average molecular weight is 300 g/mol. The Labute approximate surface area is 123 Å². The first kappa shape index (κ1) is 13.3. The topological polar surface area (TPSA) is 90.0 Å². The molecular formula is C14H12N4O2S. The lowest BCUT2D eigenvalue weighted by atomic mass is 10.2. The maximum Gasteiger partial charge on any atom is 0.255 e. The van der Waals surface area contributed by atoms with E-state index in [1.165, 1.54) is 22.0 Å². The Balaban J connectivity index is 1.89. The molecule has 0 aliphatic rings. The molecule has 21 heavy (non-hydrogen) atoms. The SMILES string of the molecule is Cn1cc(NC(=O)c2ccc3nc(N)sc3c2)ccc1=O. The number of carbonyl (C=O) groups excluding carboxylic acids is 1. The zero-order chi connectivity index (χ0) is 15.0. The van der Waals surface area contributed by atoms with E-state index >= 15 is 0 Å². The van der Waals surface area contributed by atoms with Crippen LogP contribution in [0.15, 0.2) is 41.3 Å². The molecule has 0 spiro atoms. The fourth-order valence-electron chi connectivity index (χ4n) is 1.95. The molecule has 7 heteroatoms. The molecule has 0 atom stereocenters. The van der Waals surface area contributed by atoms with Crippen molar-refractivity contribution >= 4 is 38.3 Å². The van der Waals surface area contributed by atoms with Gasteiger partial charge in [-0.2, -0.15) is 0 Å². The van der Waals surface area contributed by atoms with E-state index in [2.05, 4.69) is 10.3 Å². The lowest BCUT2D eigenvalue weighted by molar-refractivity contribution is 0.102. The molecule has 0 radical (unpaired) electrons. The highest BCUT2D eigenvalue weighted by atomic mass is 32.1. The zero-order valence-corrected chi connectivity index (χ0v) is 12.0. The number of nitrogen functional groups attached to an aromatic ring is 1. The Morgan fingerprint density at radius 2 is 2.14 bits per heavy atom. The number of amides is 1. The van der Waals surface area contributed by atoms with E-state index in [4.69, 9.17) is 5.73 Å². The summed E-state index contributed by atoms with van der Waals surface area (Å²) in [6.45, 7) is 0. The third-order valence-electron chi connectivity index (χ3n) is 3.01. The average Bonchev–Trinajstić information content (AvgIpc) is 2.82. The van der Waals surface area contributed by atoms with Crippen LogP contribution in [0.25, 0.3) is 10.2 Å². The predicted molar refractivity (Wildman–Crippen MR) is 83.7 cm³/mol. The van der Waals surface area contributed by atoms with Crippen LogP contribution in [-0.4, -0.2) is 15.5 Å². The minimum Gasteiger partial charge on any atom is -0.375 e. The number of rotatable bonds is 2. The fourth-order valence-corrected chi connectivity index (χ4v) is 2.73. The second-order valence-electron chi connectivity index (χ2n) is 4.56. The van der Waals surface area contributed by atoms with E-state index in [1.54, 1.807) is 37.5 Å². The third kappa shape index (κ3) is 2.63. The quantitative estimate of drug-likeness (QED) is 0.755. The number of pyridine rings is 1. The highest BCUT2D eigenvalue weighted by Gasteiger charge is 2.09. The molecule has 1 amide bonds. The second-order valence-corrected chi connectivity index (χ2v) is 5.62. The highest BCUT2D eigenvalue weighted by molar-refractivity contribution is 7.22. The molecule has 2 aromatic heterocycles. The van der Waals surface area contributed by atoms with Crippen LogP contribution in [-0.2, 0) is 7.05 Å². The fraction of sp³-hybridized carbons (Fsp3) is 0.0714. The van der Waals surface area contributed by atoms with Crippen molar-refractivity contribution in [3.63, 3.8) is 0 Å². The first-order valence-electron chi connectivity index (χ1n) is 6.17. The first-order chi connectivity index (χ1) is 10.0. The van der Waals surface area contributed by atoms with Crippen LogP contribution in [0.4, 0.5) is 10.8 Å². The molecule has 0 aliphatic carbocycles. The summed E-state index contributed by atoms with van der Waals surface area (Å²) in [5.41, 5.74) is 7.36. The number of nitrogens with one attached hydrogen (secondary N) is 1. The van der Waals surface area contributed by atoms with E-state index < -0.39 is 0 Å². The summed E-state index contributed by atoms with van der Waals surface area (Å²) in [6.07, 6.45) is 1.57. The molecule has 3 rings (SSSR count). The third-order valence-corrected chi connectivity index (χ3v) is 3.86. The van der Waals surface area contributed by atoms with Gasteiger partial charge in [0.15, 0.2) is 5.13 Å². The largest absolute Gasteiger partial charge is 0.375 e. The summed E-state index contributed by atoms with van der Waals surface area (Å²) >= 11 is 1.34. The number of aryl methyl sites for hydroxylation is 1. The molecule has 106 valence electrons. The minimum atomic E-state index is -0.248. The normalized spacial score (nSPS) is 10.7. The van der Waals surface area contributed by atoms with Crippen LogP contribution in [0.3, 0.4) is 0 Å². The molecule has 3 N–H and O–H groups in total. The highest BCUT2D eigenvalue weighted by Crippen LogP contribution is 2.24. The summed E-state index contributed by atoms with van der Waals surface area (Å²) in [5.74, 6) is -0.248. The van der Waals surface area contributed by atoms with E-state index in [1.807, 2.05) is 0 Å². The van der Waals surface area contributed by atoms with Crippen molar-refractivity contribution in [1.29, 1.82) is 0 Å². The van der Waals surface area contributed by atoms with Gasteiger partial charge >= 0.3 is 0 Å². The Morgan fingerprint density at radius 1 is 1.33 bits per heavy atom. The molecular weight excluding hydrogens is 288 g/mol. The maximum absolute atomic E-state index is 12.2. The van der Waals surface area contributed by atoms with Gasteiger partial charge in [0.2, 0.25) is 5.56 Å². The number of aromatic nitrogens is 2. The van der Waals surface area contributed by atoms with E-state index in [0.29, 0.717) is 16.4 Å². The van der Waals surface area contributed by atoms with Gasteiger partial charge in [0.05, 0.1) is 15.9 Å². The predicted octanol–water partition coefficient (Wildman–Crippen LogP) is 1.83. The number of hydrogen-bond donors (Lipinski definition) is 2. The number of benzene rings is 1. The van der Waals surface area contributed by atoms with Gasteiger partial charge in [-0.1, -0.05) is 11.3 Å². The van der Waals surface area contributed by atoms with Gasteiger partial charge in [0.25, 0.3) is 5.91 Å². The van der Waals surface area contributed by atoms with Crippen LogP contribution in [0.5, 0.6) is 0 Å². The van der Waals surface area contributed by atoms with Gasteiger partial charge in [-0.3, -0.25) is 9.59 Å². The van der Waals surface area contributed by atoms with Gasteiger partial charge in [0.1, 0.15) is 0 Å². The summed E-state index contributed by atoms with van der Waals surface area (Å²) in [5, 5.41) is 3.22. The zero-order valence-electron chi connectivity index (χ0n) is 11.2. The van der Waals surface area contributed by atoms with Gasteiger partial charge in [-0.15, -0.1) is 0 Å². The van der Waals surface area contributed by atoms with Gasteiger partial charge in [-0.05, 0) is 24.3 Å². The maximum atomic E-state index is 12.2. The van der Waals surface area contributed by atoms with Crippen molar-refractivity contribution in [2.24, 2.45) is 7.05 Å². The smallest absolute Gasteiger partial charge is 0.255 e. The first-order valence-corrected chi connectivity index (χ1v) is 6.99. The van der Waals surface area contributed by atoms with Crippen LogP contribution in [0.2, 0.25) is 0 Å². The number of nitrogens with two attached hydrogens (primary N) is 1. The molecule has 3 aromatic rings. The summed E-state index contributed by atoms with van der Waals surface area (Å²) < 4.78 is 2.27. The Bertz CT molecular complexity index is 897. The lowest BCUT2D eigenvalue weighted by Crippen LogP contribution is -2.17. The molecule has 6 nitrogen and oxygen atoms in total. The van der Waals surface area contributed by atoms with Crippen LogP contribution >= 0.6 is 11.3 Å². The van der Waals surface area contributed by atoms with Gasteiger partial charge in [0, 0.05) is 24.9 Å². The van der Waals surface area contributed by atoms with Crippen LogP contribution in [0.1, 0.15) is 10.4 Å². The second kappa shape index (κ2) is 5.02. The summed E-state index contributed by atoms with van der Waals surface area (Å²) in [4.78, 5) is 27.7. The molecule has 0 saturated carbocycles. The number of anilines is 2. The van der Waals surface area contributed by atoms with E-state index in [0.717, 1.165) is 10.2 Å². The van der Waals surface area contributed by atoms with Crippen molar-refractivity contribution in [2.45, 2.75) is 0 Å². The van der Waals surface area contributed by atoms with Crippen molar-refractivity contribution in [2.75, 3.05) is 11.1 Å². The lowest BCUT2D eigenvalue weighted by Gasteiger charge is -2.06. The number of nitrogens with zero attached hydrogens (tertiary/aromatic N) is 2. The number of hydrogen-bond acceptors (Lipinski definition) is 5. The van der Waals surface area contributed by atoms with E-state index in [-0.39, 0.29) is 11.5 Å². The number of thiazole rings is 1. The molecule has 0 fully saturated rings. The Kier molecular flexibility index (Phi) is 3.19.